The van der Waals surface area contributed by atoms with Crippen molar-refractivity contribution in [3.05, 3.63) is 36.2 Å². The lowest BCUT2D eigenvalue weighted by molar-refractivity contribution is -0.140. The summed E-state index contributed by atoms with van der Waals surface area (Å²) in [6.45, 7) is 11.7. The van der Waals surface area contributed by atoms with Crippen LogP contribution in [0.5, 0.6) is 0 Å². The van der Waals surface area contributed by atoms with Gasteiger partial charge in [0.15, 0.2) is 0 Å². The van der Waals surface area contributed by atoms with Gasteiger partial charge in [0.05, 0.1) is 0 Å². The maximum absolute atomic E-state index is 12.5. The van der Waals surface area contributed by atoms with Crippen molar-refractivity contribution >= 4 is 11.5 Å². The number of aromatic nitrogens is 1. The molecule has 0 bridgehead atoms. The van der Waals surface area contributed by atoms with Crippen LogP contribution in [0.3, 0.4) is 0 Å². The van der Waals surface area contributed by atoms with Crippen LogP contribution < -0.4 is 0 Å². The largest absolute Gasteiger partial charge is 0.343 e. The lowest BCUT2D eigenvalue weighted by Gasteiger charge is -2.64. The van der Waals surface area contributed by atoms with Crippen molar-refractivity contribution in [2.75, 3.05) is 13.1 Å². The third kappa shape index (κ3) is 3.05. The van der Waals surface area contributed by atoms with E-state index in [0.717, 1.165) is 30.8 Å². The molecule has 168 valence electrons. The molecule has 3 nitrogen and oxygen atoms in total. The highest BCUT2D eigenvalue weighted by Crippen LogP contribution is 2.71. The SMILES string of the molecule is CCC(=O)N1CCC2CC[C@]3(C)[C@H](CC[C@]4(C)C(c5cccnc5)=CC[C@@H]34)[C@@]2(C)CC1. The summed E-state index contributed by atoms with van der Waals surface area (Å²) in [5, 5.41) is 0. The molecule has 0 spiro atoms. The number of allylic oxidation sites excluding steroid dienone is 2. The molecule has 1 aliphatic heterocycles. The van der Waals surface area contributed by atoms with E-state index in [2.05, 4.69) is 55.1 Å². The van der Waals surface area contributed by atoms with Crippen LogP contribution >= 0.6 is 0 Å². The Bertz CT molecular complexity index is 878. The third-order valence-corrected chi connectivity index (χ3v) is 10.5. The van der Waals surface area contributed by atoms with Gasteiger partial charge >= 0.3 is 0 Å². The van der Waals surface area contributed by atoms with E-state index in [4.69, 9.17) is 0 Å². The summed E-state index contributed by atoms with van der Waals surface area (Å²) >= 11 is 0. The Labute approximate surface area is 188 Å². The first-order chi connectivity index (χ1) is 14.8. The van der Waals surface area contributed by atoms with Crippen LogP contribution in [-0.2, 0) is 4.79 Å². The number of carbonyl (C=O) groups is 1. The van der Waals surface area contributed by atoms with Gasteiger partial charge in [0.25, 0.3) is 0 Å². The fourth-order valence-corrected chi connectivity index (χ4v) is 8.86. The molecule has 31 heavy (non-hydrogen) atoms. The number of carbonyl (C=O) groups excluding carboxylic acids is 1. The molecule has 2 heterocycles. The summed E-state index contributed by atoms with van der Waals surface area (Å²) in [6.07, 6.45) is 16.1. The first-order valence-electron chi connectivity index (χ1n) is 12.7. The van der Waals surface area contributed by atoms with Crippen molar-refractivity contribution < 1.29 is 4.79 Å². The molecule has 3 heteroatoms. The molecule has 1 saturated heterocycles. The Kier molecular flexibility index (Phi) is 5.10. The molecule has 1 amide bonds. The Morgan fingerprint density at radius 2 is 1.90 bits per heavy atom. The zero-order valence-corrected chi connectivity index (χ0v) is 20.0. The summed E-state index contributed by atoms with van der Waals surface area (Å²) in [4.78, 5) is 19.1. The molecule has 0 radical (unpaired) electrons. The van der Waals surface area contributed by atoms with Gasteiger partial charge in [-0.3, -0.25) is 9.78 Å². The second-order valence-electron chi connectivity index (χ2n) is 11.7. The summed E-state index contributed by atoms with van der Waals surface area (Å²) in [5.41, 5.74) is 3.92. The second kappa shape index (κ2) is 7.46. The zero-order chi connectivity index (χ0) is 21.9. The highest BCUT2D eigenvalue weighted by atomic mass is 16.2. The predicted octanol–water partition coefficient (Wildman–Crippen LogP) is 6.36. The second-order valence-corrected chi connectivity index (χ2v) is 11.7. The molecule has 0 aromatic carbocycles. The lowest BCUT2D eigenvalue weighted by atomic mass is 9.40. The molecule has 1 aromatic rings. The van der Waals surface area contributed by atoms with Crippen LogP contribution in [0.2, 0.25) is 0 Å². The molecule has 3 aliphatic carbocycles. The van der Waals surface area contributed by atoms with Gasteiger partial charge in [0.2, 0.25) is 5.91 Å². The Morgan fingerprint density at radius 3 is 2.65 bits per heavy atom. The van der Waals surface area contributed by atoms with Crippen LogP contribution in [0.25, 0.3) is 5.57 Å². The first kappa shape index (κ1) is 21.2. The van der Waals surface area contributed by atoms with Crippen molar-refractivity contribution in [1.29, 1.82) is 0 Å². The molecule has 1 aromatic heterocycles. The smallest absolute Gasteiger partial charge is 0.222 e. The predicted molar refractivity (Wildman–Crippen MR) is 126 cm³/mol. The molecule has 2 saturated carbocycles. The minimum absolute atomic E-state index is 0.270. The van der Waals surface area contributed by atoms with Gasteiger partial charge in [-0.15, -0.1) is 0 Å². The van der Waals surface area contributed by atoms with Gasteiger partial charge in [-0.25, -0.2) is 0 Å². The fourth-order valence-electron chi connectivity index (χ4n) is 8.86. The number of pyridine rings is 1. The van der Waals surface area contributed by atoms with E-state index in [1.165, 1.54) is 50.5 Å². The number of amides is 1. The summed E-state index contributed by atoms with van der Waals surface area (Å²) in [7, 11) is 0. The van der Waals surface area contributed by atoms with Gasteiger partial charge in [-0.2, -0.15) is 0 Å². The van der Waals surface area contributed by atoms with Gasteiger partial charge in [-0.1, -0.05) is 39.8 Å². The first-order valence-corrected chi connectivity index (χ1v) is 12.7. The molecular weight excluding hydrogens is 380 g/mol. The van der Waals surface area contributed by atoms with E-state index >= 15 is 0 Å². The minimum atomic E-state index is 0.270. The maximum Gasteiger partial charge on any atom is 0.222 e. The Morgan fingerprint density at radius 1 is 1.06 bits per heavy atom. The maximum atomic E-state index is 12.5. The molecular formula is C28H40N2O. The van der Waals surface area contributed by atoms with Crippen molar-refractivity contribution in [2.45, 2.75) is 79.1 Å². The number of hydrogen-bond acceptors (Lipinski definition) is 2. The molecule has 3 fully saturated rings. The summed E-state index contributed by atoms with van der Waals surface area (Å²) < 4.78 is 0. The normalized spacial score (nSPS) is 42.1. The topological polar surface area (TPSA) is 33.2 Å². The van der Waals surface area contributed by atoms with Crippen LogP contribution in [0.4, 0.5) is 0 Å². The van der Waals surface area contributed by atoms with Gasteiger partial charge in [0.1, 0.15) is 0 Å². The van der Waals surface area contributed by atoms with Crippen LogP contribution in [0.1, 0.15) is 84.6 Å². The van der Waals surface area contributed by atoms with Crippen molar-refractivity contribution in [1.82, 2.24) is 9.88 Å². The van der Waals surface area contributed by atoms with E-state index in [9.17, 15) is 4.79 Å². The number of fused-ring (bicyclic) bond motifs is 5. The highest BCUT2D eigenvalue weighted by Gasteiger charge is 2.63. The van der Waals surface area contributed by atoms with E-state index in [1.807, 2.05) is 13.1 Å². The zero-order valence-electron chi connectivity index (χ0n) is 20.0. The van der Waals surface area contributed by atoms with Crippen molar-refractivity contribution in [3.8, 4) is 0 Å². The van der Waals surface area contributed by atoms with Gasteiger partial charge in [0, 0.05) is 31.9 Å². The average molecular weight is 421 g/mol. The number of nitrogens with zero attached hydrogens (tertiary/aromatic N) is 2. The quantitative estimate of drug-likeness (QED) is 0.558. The molecule has 5 rings (SSSR count). The number of rotatable bonds is 2. The number of hydrogen-bond donors (Lipinski definition) is 0. The summed E-state index contributed by atoms with van der Waals surface area (Å²) in [5.74, 6) is 2.62. The standard InChI is InChI=1S/C28H40N2O/c1-5-25(31)30-17-12-21-10-13-28(4)23-9-8-22(20-7-6-16-29-19-20)27(23,3)14-11-24(28)26(21,2)15-18-30/h6-8,16,19,21,23-24H,5,9-15,17-18H2,1-4H3/t21?,23-,24-,26+,27-,28+/m1/s1. The van der Waals surface area contributed by atoms with E-state index in [-0.39, 0.29) is 5.41 Å². The average Bonchev–Trinajstić information content (AvgIpc) is 3.03. The van der Waals surface area contributed by atoms with Gasteiger partial charge in [-0.05, 0) is 96.1 Å². The van der Waals surface area contributed by atoms with Crippen LogP contribution in [0.15, 0.2) is 30.6 Å². The van der Waals surface area contributed by atoms with E-state index < -0.39 is 0 Å². The van der Waals surface area contributed by atoms with E-state index in [0.29, 0.717) is 23.2 Å². The molecule has 6 atom stereocenters. The highest BCUT2D eigenvalue weighted by molar-refractivity contribution is 5.75. The number of likely N-dealkylation sites (tertiary alicyclic amines) is 1. The Hall–Kier alpha value is -1.64. The van der Waals surface area contributed by atoms with Gasteiger partial charge < -0.3 is 4.90 Å². The Balaban J connectivity index is 1.44. The fraction of sp³-hybridized carbons (Fsp3) is 0.714. The molecule has 4 aliphatic rings. The van der Waals surface area contributed by atoms with Crippen LogP contribution in [-0.4, -0.2) is 28.9 Å². The van der Waals surface area contributed by atoms with Crippen molar-refractivity contribution in [2.24, 2.45) is 34.0 Å². The molecule has 1 unspecified atom stereocenters. The van der Waals surface area contributed by atoms with E-state index in [1.54, 1.807) is 5.57 Å². The van der Waals surface area contributed by atoms with Crippen LogP contribution in [0, 0.1) is 34.0 Å². The molecule has 0 N–H and O–H groups in total. The third-order valence-electron chi connectivity index (χ3n) is 10.5. The monoisotopic (exact) mass is 420 g/mol. The lowest BCUT2D eigenvalue weighted by Crippen LogP contribution is -2.57. The van der Waals surface area contributed by atoms with Crippen molar-refractivity contribution in [3.63, 3.8) is 0 Å². The summed E-state index contributed by atoms with van der Waals surface area (Å²) in [6, 6.07) is 4.34. The minimum Gasteiger partial charge on any atom is -0.343 e.